The highest BCUT2D eigenvalue weighted by Crippen LogP contribution is 2.20. The third kappa shape index (κ3) is 6.66. The molecule has 0 aliphatic carbocycles. The average molecular weight is 434 g/mol. The molecule has 172 valence electrons. The number of amides is 1. The molecule has 0 bridgehead atoms. The van der Waals surface area contributed by atoms with Crippen molar-refractivity contribution in [2.75, 3.05) is 26.2 Å². The Labute approximate surface area is 194 Å². The van der Waals surface area contributed by atoms with E-state index in [2.05, 4.69) is 77.5 Å². The van der Waals surface area contributed by atoms with Gasteiger partial charge in [-0.3, -0.25) is 14.6 Å². The van der Waals surface area contributed by atoms with Crippen molar-refractivity contribution in [1.82, 2.24) is 15.1 Å². The van der Waals surface area contributed by atoms with Gasteiger partial charge < -0.3 is 5.32 Å². The van der Waals surface area contributed by atoms with E-state index < -0.39 is 0 Å². The normalized spacial score (nSPS) is 20.9. The number of aryl methyl sites for hydroxylation is 1. The summed E-state index contributed by atoms with van der Waals surface area (Å²) in [5, 5.41) is 3.19. The summed E-state index contributed by atoms with van der Waals surface area (Å²) in [5.41, 5.74) is 5.19. The molecule has 2 fully saturated rings. The van der Waals surface area contributed by atoms with Crippen molar-refractivity contribution < 1.29 is 4.79 Å². The van der Waals surface area contributed by atoms with E-state index in [1.807, 2.05) is 0 Å². The number of carbonyl (C=O) groups excluding carboxylic acids is 1. The standard InChI is InChI=1S/C28H39N3O/c1-22-12-15-30(16-13-22)19-25-10-8-24(9-11-25)18-29-28(32)27-7-4-14-31(21-27)20-26-6-3-5-23(2)17-26/h3,5-6,8-11,17,22,27H,4,7,12-16,18-21H2,1-2H3,(H,29,32). The molecule has 2 heterocycles. The maximum atomic E-state index is 12.8. The fraction of sp³-hybridized carbons (Fsp3) is 0.536. The van der Waals surface area contributed by atoms with Crippen molar-refractivity contribution in [3.05, 3.63) is 70.8 Å². The van der Waals surface area contributed by atoms with Crippen molar-refractivity contribution in [2.24, 2.45) is 11.8 Å². The predicted octanol–water partition coefficient (Wildman–Crippen LogP) is 4.76. The van der Waals surface area contributed by atoms with Crippen LogP contribution in [0.1, 0.15) is 54.9 Å². The van der Waals surface area contributed by atoms with Crippen LogP contribution in [0.4, 0.5) is 0 Å². The van der Waals surface area contributed by atoms with Crippen molar-refractivity contribution in [2.45, 2.75) is 59.2 Å². The average Bonchev–Trinajstić information content (AvgIpc) is 2.80. The van der Waals surface area contributed by atoms with Gasteiger partial charge in [0, 0.05) is 26.2 Å². The van der Waals surface area contributed by atoms with Gasteiger partial charge in [0.05, 0.1) is 5.92 Å². The van der Waals surface area contributed by atoms with Gasteiger partial charge >= 0.3 is 0 Å². The van der Waals surface area contributed by atoms with Gasteiger partial charge in [-0.1, -0.05) is 61.0 Å². The number of hydrogen-bond acceptors (Lipinski definition) is 3. The highest BCUT2D eigenvalue weighted by Gasteiger charge is 2.25. The maximum Gasteiger partial charge on any atom is 0.224 e. The van der Waals surface area contributed by atoms with Gasteiger partial charge in [-0.25, -0.2) is 0 Å². The number of carbonyl (C=O) groups is 1. The first-order chi connectivity index (χ1) is 15.5. The molecular formula is C28H39N3O. The molecule has 2 aromatic rings. The zero-order valence-electron chi connectivity index (χ0n) is 19.9. The SMILES string of the molecule is Cc1cccc(CN2CCCC(C(=O)NCc3ccc(CN4CCC(C)CC4)cc3)C2)c1. The summed E-state index contributed by atoms with van der Waals surface area (Å²) < 4.78 is 0. The molecular weight excluding hydrogens is 394 g/mol. The van der Waals surface area contributed by atoms with Crippen LogP contribution in [-0.4, -0.2) is 41.9 Å². The van der Waals surface area contributed by atoms with Crippen LogP contribution >= 0.6 is 0 Å². The van der Waals surface area contributed by atoms with Gasteiger partial charge in [0.25, 0.3) is 0 Å². The van der Waals surface area contributed by atoms with Crippen LogP contribution in [0, 0.1) is 18.8 Å². The van der Waals surface area contributed by atoms with E-state index in [0.29, 0.717) is 6.54 Å². The second-order valence-electron chi connectivity index (χ2n) is 10.1. The molecule has 0 spiro atoms. The van der Waals surface area contributed by atoms with E-state index in [4.69, 9.17) is 0 Å². The van der Waals surface area contributed by atoms with Crippen molar-refractivity contribution in [1.29, 1.82) is 0 Å². The summed E-state index contributed by atoms with van der Waals surface area (Å²) in [7, 11) is 0. The highest BCUT2D eigenvalue weighted by atomic mass is 16.1. The molecule has 0 saturated carbocycles. The first-order valence-corrected chi connectivity index (χ1v) is 12.4. The third-order valence-electron chi connectivity index (χ3n) is 7.14. The summed E-state index contributed by atoms with van der Waals surface area (Å²) >= 11 is 0. The summed E-state index contributed by atoms with van der Waals surface area (Å²) in [6, 6.07) is 17.5. The Morgan fingerprint density at radius 2 is 1.62 bits per heavy atom. The Balaban J connectivity index is 1.22. The lowest BCUT2D eigenvalue weighted by Crippen LogP contribution is -2.42. The monoisotopic (exact) mass is 433 g/mol. The van der Waals surface area contributed by atoms with Gasteiger partial charge in [-0.15, -0.1) is 0 Å². The minimum atomic E-state index is 0.0920. The van der Waals surface area contributed by atoms with E-state index in [1.54, 1.807) is 0 Å². The Hall–Kier alpha value is -2.17. The number of hydrogen-bond donors (Lipinski definition) is 1. The quantitative estimate of drug-likeness (QED) is 0.684. The van der Waals surface area contributed by atoms with Crippen LogP contribution in [0.2, 0.25) is 0 Å². The Kier molecular flexibility index (Phi) is 7.99. The van der Waals surface area contributed by atoms with Gasteiger partial charge in [0.2, 0.25) is 5.91 Å². The molecule has 1 amide bonds. The smallest absolute Gasteiger partial charge is 0.224 e. The molecule has 32 heavy (non-hydrogen) atoms. The van der Waals surface area contributed by atoms with Crippen molar-refractivity contribution in [3.8, 4) is 0 Å². The molecule has 0 radical (unpaired) electrons. The molecule has 1 N–H and O–H groups in total. The molecule has 0 aromatic heterocycles. The molecule has 2 aliphatic heterocycles. The number of nitrogens with zero attached hydrogens (tertiary/aromatic N) is 2. The van der Waals surface area contributed by atoms with Crippen LogP contribution in [0.15, 0.2) is 48.5 Å². The lowest BCUT2D eigenvalue weighted by molar-refractivity contribution is -0.126. The minimum Gasteiger partial charge on any atom is -0.352 e. The van der Waals surface area contributed by atoms with Crippen LogP contribution in [-0.2, 0) is 24.4 Å². The van der Waals surface area contributed by atoms with Crippen LogP contribution in [0.3, 0.4) is 0 Å². The zero-order chi connectivity index (χ0) is 22.3. The molecule has 4 rings (SSSR count). The van der Waals surface area contributed by atoms with E-state index in [9.17, 15) is 4.79 Å². The Morgan fingerprint density at radius 1 is 0.906 bits per heavy atom. The molecule has 4 nitrogen and oxygen atoms in total. The van der Waals surface area contributed by atoms with Gasteiger partial charge in [-0.05, 0) is 74.8 Å². The first-order valence-electron chi connectivity index (χ1n) is 12.4. The molecule has 2 aromatic carbocycles. The maximum absolute atomic E-state index is 12.8. The Bertz CT molecular complexity index is 871. The topological polar surface area (TPSA) is 35.6 Å². The second-order valence-corrected chi connectivity index (χ2v) is 10.1. The largest absolute Gasteiger partial charge is 0.352 e. The molecule has 1 atom stereocenters. The van der Waals surface area contributed by atoms with E-state index in [1.165, 1.54) is 48.2 Å². The van der Waals surface area contributed by atoms with Crippen molar-refractivity contribution in [3.63, 3.8) is 0 Å². The van der Waals surface area contributed by atoms with E-state index in [0.717, 1.165) is 44.9 Å². The van der Waals surface area contributed by atoms with E-state index in [-0.39, 0.29) is 11.8 Å². The van der Waals surface area contributed by atoms with Gasteiger partial charge in [0.15, 0.2) is 0 Å². The highest BCUT2D eigenvalue weighted by molar-refractivity contribution is 5.79. The zero-order valence-corrected chi connectivity index (χ0v) is 19.9. The summed E-state index contributed by atoms with van der Waals surface area (Å²) in [4.78, 5) is 17.8. The lowest BCUT2D eigenvalue weighted by Gasteiger charge is -2.32. The number of likely N-dealkylation sites (tertiary alicyclic amines) is 2. The summed E-state index contributed by atoms with van der Waals surface area (Å²) in [6.07, 6.45) is 4.71. The molecule has 2 saturated heterocycles. The first kappa shape index (κ1) is 23.0. The number of piperidine rings is 2. The lowest BCUT2D eigenvalue weighted by atomic mass is 9.96. The second kappa shape index (κ2) is 11.1. The fourth-order valence-corrected chi connectivity index (χ4v) is 5.06. The molecule has 1 unspecified atom stereocenters. The third-order valence-corrected chi connectivity index (χ3v) is 7.14. The molecule has 2 aliphatic rings. The molecule has 4 heteroatoms. The van der Waals surface area contributed by atoms with Crippen LogP contribution in [0.25, 0.3) is 0 Å². The Morgan fingerprint density at radius 3 is 2.38 bits per heavy atom. The van der Waals surface area contributed by atoms with Crippen molar-refractivity contribution >= 4 is 5.91 Å². The van der Waals surface area contributed by atoms with Crippen LogP contribution < -0.4 is 5.32 Å². The number of rotatable bonds is 7. The fourth-order valence-electron chi connectivity index (χ4n) is 5.06. The van der Waals surface area contributed by atoms with Gasteiger partial charge in [-0.2, -0.15) is 0 Å². The summed E-state index contributed by atoms with van der Waals surface area (Å²) in [5.74, 6) is 1.16. The van der Waals surface area contributed by atoms with E-state index >= 15 is 0 Å². The number of nitrogens with one attached hydrogen (secondary N) is 1. The number of benzene rings is 2. The predicted molar refractivity (Wildman–Crippen MR) is 131 cm³/mol. The summed E-state index contributed by atoms with van der Waals surface area (Å²) in [6.45, 7) is 11.4. The van der Waals surface area contributed by atoms with Gasteiger partial charge in [0.1, 0.15) is 0 Å². The van der Waals surface area contributed by atoms with Crippen LogP contribution in [0.5, 0.6) is 0 Å². The minimum absolute atomic E-state index is 0.0920.